The molecule has 1 aromatic rings. The maximum Gasteiger partial charge on any atom is 0.237 e. The van der Waals surface area contributed by atoms with Crippen LogP contribution in [0.5, 0.6) is 0 Å². The van der Waals surface area contributed by atoms with Gasteiger partial charge in [0.2, 0.25) is 5.91 Å². The second-order valence-corrected chi connectivity index (χ2v) is 8.06. The highest BCUT2D eigenvalue weighted by Crippen LogP contribution is 2.13. The van der Waals surface area contributed by atoms with Crippen LogP contribution in [0, 0.1) is 0 Å². The molecule has 4 atom stereocenters. The third-order valence-electron chi connectivity index (χ3n) is 5.15. The molecule has 1 heterocycles. The van der Waals surface area contributed by atoms with Crippen molar-refractivity contribution in [3.05, 3.63) is 35.9 Å². The smallest absolute Gasteiger partial charge is 0.237 e. The molecule has 31 heavy (non-hydrogen) atoms. The van der Waals surface area contributed by atoms with Crippen molar-refractivity contribution in [2.45, 2.75) is 55.6 Å². The minimum absolute atomic E-state index is 0.0562. The minimum Gasteiger partial charge on any atom is -0.370 e. The molecule has 0 aromatic heterocycles. The summed E-state index contributed by atoms with van der Waals surface area (Å²) in [6.45, 7) is 1.03. The average molecular weight is 451 g/mol. The Balaban J connectivity index is 2.02. The monoisotopic (exact) mass is 450 g/mol. The third-order valence-corrected chi connectivity index (χ3v) is 5.58. The second-order valence-electron chi connectivity index (χ2n) is 7.62. The Labute approximate surface area is 187 Å². The van der Waals surface area contributed by atoms with Gasteiger partial charge in [-0.05, 0) is 44.2 Å². The number of nitrogens with zero attached hydrogens (tertiary/aromatic N) is 1. The lowest BCUT2D eigenvalue weighted by atomic mass is 9.95. The molecule has 1 aromatic carbocycles. The number of hydrogen-bond acceptors (Lipinski definition) is 6. The van der Waals surface area contributed by atoms with Crippen molar-refractivity contribution < 1.29 is 14.4 Å². The van der Waals surface area contributed by atoms with Crippen molar-refractivity contribution in [3.8, 4) is 0 Å². The molecule has 2 rings (SSSR count). The minimum atomic E-state index is -1.45. The fourth-order valence-corrected chi connectivity index (χ4v) is 3.76. The number of hydrogen-bond donors (Lipinski definition) is 5. The first-order valence-electron chi connectivity index (χ1n) is 10.4. The number of aliphatic imine (C=N–C) groups is 1. The Morgan fingerprint density at radius 1 is 1.19 bits per heavy atom. The zero-order valence-corrected chi connectivity index (χ0v) is 18.2. The molecule has 0 aliphatic carbocycles. The van der Waals surface area contributed by atoms with E-state index in [1.807, 2.05) is 30.3 Å². The third kappa shape index (κ3) is 7.93. The first-order chi connectivity index (χ1) is 14.8. The zero-order chi connectivity index (χ0) is 22.8. The number of benzene rings is 1. The van der Waals surface area contributed by atoms with Crippen LogP contribution in [0.15, 0.2) is 35.3 Å². The molecule has 8 N–H and O–H groups in total. The number of nitrogens with two attached hydrogens (primary N) is 3. The quantitative estimate of drug-likeness (QED) is 0.0948. The van der Waals surface area contributed by atoms with E-state index in [0.717, 1.165) is 18.5 Å². The Hall–Kier alpha value is -2.49. The lowest BCUT2D eigenvalue weighted by Gasteiger charge is -2.23. The van der Waals surface area contributed by atoms with Gasteiger partial charge in [-0.1, -0.05) is 30.3 Å². The summed E-state index contributed by atoms with van der Waals surface area (Å²) in [5.41, 5.74) is 17.5. The zero-order valence-electron chi connectivity index (χ0n) is 17.4. The summed E-state index contributed by atoms with van der Waals surface area (Å²) in [5, 5.41) is 4.36. The molecule has 0 radical (unpaired) electrons. The van der Waals surface area contributed by atoms with Gasteiger partial charge in [-0.25, -0.2) is 0 Å². The van der Waals surface area contributed by atoms with Gasteiger partial charge < -0.3 is 27.8 Å². The number of carbonyl (C=O) groups excluding carboxylic acids is 3. The Bertz CT molecular complexity index is 779. The van der Waals surface area contributed by atoms with Crippen LogP contribution in [0.3, 0.4) is 0 Å². The molecule has 1 amide bonds. The van der Waals surface area contributed by atoms with Crippen molar-refractivity contribution in [1.82, 2.24) is 10.6 Å². The van der Waals surface area contributed by atoms with Crippen LogP contribution in [0.2, 0.25) is 0 Å². The SMILES string of the molecule is NC(N)=NCCCC(NC(=O)C1CCCN1)C(=O)C(Cl)C(=O)C(N)Cc1ccccc1. The van der Waals surface area contributed by atoms with E-state index in [4.69, 9.17) is 28.8 Å². The molecule has 4 unspecified atom stereocenters. The molecule has 1 saturated heterocycles. The fourth-order valence-electron chi connectivity index (χ4n) is 3.44. The lowest BCUT2D eigenvalue weighted by molar-refractivity contribution is -0.132. The Morgan fingerprint density at radius 2 is 1.90 bits per heavy atom. The van der Waals surface area contributed by atoms with E-state index in [9.17, 15) is 14.4 Å². The van der Waals surface area contributed by atoms with Gasteiger partial charge in [0.05, 0.1) is 18.1 Å². The Morgan fingerprint density at radius 3 is 2.52 bits per heavy atom. The molecule has 0 spiro atoms. The highest BCUT2D eigenvalue weighted by atomic mass is 35.5. The van der Waals surface area contributed by atoms with Gasteiger partial charge in [0.25, 0.3) is 0 Å². The van der Waals surface area contributed by atoms with Crippen LogP contribution in [0.4, 0.5) is 0 Å². The van der Waals surface area contributed by atoms with Crippen LogP contribution in [0.25, 0.3) is 0 Å². The van der Waals surface area contributed by atoms with Crippen LogP contribution in [0.1, 0.15) is 31.2 Å². The van der Waals surface area contributed by atoms with Gasteiger partial charge in [-0.3, -0.25) is 19.4 Å². The number of halogens is 1. The average Bonchev–Trinajstić information content (AvgIpc) is 3.29. The molecular weight excluding hydrogens is 420 g/mol. The van der Waals surface area contributed by atoms with Crippen LogP contribution >= 0.6 is 11.6 Å². The van der Waals surface area contributed by atoms with E-state index < -0.39 is 29.0 Å². The van der Waals surface area contributed by atoms with Crippen molar-refractivity contribution >= 4 is 35.0 Å². The van der Waals surface area contributed by atoms with Crippen molar-refractivity contribution in [2.75, 3.05) is 13.1 Å². The van der Waals surface area contributed by atoms with Gasteiger partial charge in [0.15, 0.2) is 22.9 Å². The van der Waals surface area contributed by atoms with Crippen molar-refractivity contribution in [1.29, 1.82) is 0 Å². The van der Waals surface area contributed by atoms with Crippen molar-refractivity contribution in [3.63, 3.8) is 0 Å². The molecule has 1 fully saturated rings. The van der Waals surface area contributed by atoms with Gasteiger partial charge in [-0.2, -0.15) is 0 Å². The maximum absolute atomic E-state index is 13.0. The highest BCUT2D eigenvalue weighted by Gasteiger charge is 2.35. The molecule has 10 heteroatoms. The molecule has 1 aliphatic heterocycles. The summed E-state index contributed by atoms with van der Waals surface area (Å²) in [4.78, 5) is 42.1. The number of ketones is 2. The van der Waals surface area contributed by atoms with E-state index in [2.05, 4.69) is 15.6 Å². The van der Waals surface area contributed by atoms with Crippen LogP contribution in [-0.2, 0) is 20.8 Å². The van der Waals surface area contributed by atoms with Crippen LogP contribution < -0.4 is 27.8 Å². The topological polar surface area (TPSA) is 166 Å². The maximum atomic E-state index is 13.0. The Kier molecular flexibility index (Phi) is 9.90. The predicted molar refractivity (Wildman–Crippen MR) is 121 cm³/mol. The summed E-state index contributed by atoms with van der Waals surface area (Å²) in [6, 6.07) is 7.02. The van der Waals surface area contributed by atoms with Gasteiger partial charge >= 0.3 is 0 Å². The summed E-state index contributed by atoms with van der Waals surface area (Å²) in [5.74, 6) is -1.49. The number of amides is 1. The first-order valence-corrected chi connectivity index (χ1v) is 10.8. The molecule has 0 saturated carbocycles. The van der Waals surface area contributed by atoms with Gasteiger partial charge in [0, 0.05) is 6.54 Å². The molecular formula is C21H31ClN6O3. The van der Waals surface area contributed by atoms with E-state index in [1.54, 1.807) is 0 Å². The second kappa shape index (κ2) is 12.4. The van der Waals surface area contributed by atoms with Crippen molar-refractivity contribution in [2.24, 2.45) is 22.2 Å². The molecule has 0 bridgehead atoms. The highest BCUT2D eigenvalue weighted by molar-refractivity contribution is 6.43. The fraction of sp³-hybridized carbons (Fsp3) is 0.524. The number of Topliss-reactive ketones (excluding diaryl/α,β-unsaturated/α-hetero) is 2. The van der Waals surface area contributed by atoms with Gasteiger partial charge in [0.1, 0.15) is 0 Å². The molecule has 170 valence electrons. The number of carbonyl (C=O) groups is 3. The molecule has 1 aliphatic rings. The summed E-state index contributed by atoms with van der Waals surface area (Å²) in [7, 11) is 0. The van der Waals surface area contributed by atoms with E-state index >= 15 is 0 Å². The number of alkyl halides is 1. The summed E-state index contributed by atoms with van der Waals surface area (Å²) in [6.07, 6.45) is 2.51. The lowest BCUT2D eigenvalue weighted by Crippen LogP contribution is -2.52. The van der Waals surface area contributed by atoms with E-state index in [-0.39, 0.29) is 37.3 Å². The first kappa shape index (κ1) is 24.8. The number of guanidine groups is 1. The summed E-state index contributed by atoms with van der Waals surface area (Å²) >= 11 is 6.23. The standard InChI is InChI=1S/C21H31ClN6O3/c22-17(18(29)14(23)12-13-6-2-1-3-7-13)19(30)15(8-4-11-27-21(24)25)28-20(31)16-9-5-10-26-16/h1-3,6-7,14-17,26H,4-5,8-12,23H2,(H,28,31)(H4,24,25,27). The molecule has 9 nitrogen and oxygen atoms in total. The number of rotatable bonds is 12. The van der Waals surface area contributed by atoms with Gasteiger partial charge in [-0.15, -0.1) is 11.6 Å². The van der Waals surface area contributed by atoms with E-state index in [1.165, 1.54) is 0 Å². The predicted octanol–water partition coefficient (Wildman–Crippen LogP) is -0.408. The summed E-state index contributed by atoms with van der Waals surface area (Å²) < 4.78 is 0. The largest absolute Gasteiger partial charge is 0.370 e. The van der Waals surface area contributed by atoms with E-state index in [0.29, 0.717) is 12.8 Å². The number of nitrogens with one attached hydrogen (secondary N) is 2. The normalized spacial score (nSPS) is 18.6. The van der Waals surface area contributed by atoms with Crippen LogP contribution in [-0.4, -0.2) is 60.0 Å².